The van der Waals surface area contributed by atoms with Crippen molar-refractivity contribution in [3.63, 3.8) is 0 Å². The lowest BCUT2D eigenvalue weighted by Gasteiger charge is -2.31. The number of aromatic nitrogens is 3. The fraction of sp³-hybridized carbons (Fsp3) is 0.367. The number of phenols is 1. The summed E-state index contributed by atoms with van der Waals surface area (Å²) >= 11 is 0. The predicted octanol–water partition coefficient (Wildman–Crippen LogP) is 7.88. The number of nitrogens with one attached hydrogen (secondary N) is 2. The van der Waals surface area contributed by atoms with Gasteiger partial charge >= 0.3 is 0 Å². The zero-order chi connectivity index (χ0) is 44.7. The summed E-state index contributed by atoms with van der Waals surface area (Å²) in [5, 5.41) is 14.1. The third kappa shape index (κ3) is 8.15. The number of carbonyl (C=O) groups excluding carboxylic acids is 3. The number of aromatic hydroxyl groups is 1. The molecule has 0 saturated carbocycles. The molecule has 13 nitrogen and oxygen atoms in total. The van der Waals surface area contributed by atoms with Crippen LogP contribution in [0.5, 0.6) is 11.5 Å². The van der Waals surface area contributed by atoms with Crippen LogP contribution < -0.4 is 15.8 Å². The Bertz CT molecular complexity index is 2640. The monoisotopic (exact) mass is 854 g/mol. The van der Waals surface area contributed by atoms with E-state index in [0.29, 0.717) is 59.2 Å². The molecule has 1 unspecified atom stereocenters. The maximum Gasteiger partial charge on any atom is 0.245 e. The van der Waals surface area contributed by atoms with Gasteiger partial charge in [-0.1, -0.05) is 58.5 Å². The number of rotatable bonds is 13. The van der Waals surface area contributed by atoms with E-state index in [1.165, 1.54) is 6.07 Å². The maximum atomic E-state index is 16.7. The second kappa shape index (κ2) is 17.7. The number of nitrogens with two attached hydrogens (primary N) is 1. The van der Waals surface area contributed by atoms with E-state index in [-0.39, 0.29) is 47.0 Å². The summed E-state index contributed by atoms with van der Waals surface area (Å²) in [5.74, 6) is 0.306. The molecule has 0 spiro atoms. The van der Waals surface area contributed by atoms with Gasteiger partial charge in [-0.3, -0.25) is 19.4 Å². The summed E-state index contributed by atoms with van der Waals surface area (Å²) < 4.78 is 25.4. The highest BCUT2D eigenvalue weighted by Gasteiger charge is 2.37. The van der Waals surface area contributed by atoms with Gasteiger partial charge in [-0.25, -0.2) is 9.37 Å². The van der Waals surface area contributed by atoms with Gasteiger partial charge in [-0.05, 0) is 98.0 Å². The van der Waals surface area contributed by atoms with Crippen molar-refractivity contribution in [2.75, 3.05) is 13.1 Å². The van der Waals surface area contributed by atoms with Gasteiger partial charge in [0.1, 0.15) is 29.2 Å². The van der Waals surface area contributed by atoms with Crippen molar-refractivity contribution >= 4 is 40.4 Å². The zero-order valence-electron chi connectivity index (χ0n) is 36.3. The van der Waals surface area contributed by atoms with E-state index in [1.54, 1.807) is 47.6 Å². The molecule has 5 heterocycles. The van der Waals surface area contributed by atoms with Crippen LogP contribution in [0.2, 0.25) is 0 Å². The van der Waals surface area contributed by atoms with Crippen molar-refractivity contribution in [3.05, 3.63) is 108 Å². The molecule has 63 heavy (non-hydrogen) atoms. The van der Waals surface area contributed by atoms with Crippen LogP contribution in [0.25, 0.3) is 39.0 Å². The summed E-state index contributed by atoms with van der Waals surface area (Å²) in [6, 6.07) is 16.3. The fourth-order valence-electron chi connectivity index (χ4n) is 9.22. The quantitative estimate of drug-likeness (QED) is 0.0530. The van der Waals surface area contributed by atoms with Crippen molar-refractivity contribution in [1.29, 1.82) is 0 Å². The first-order valence-corrected chi connectivity index (χ1v) is 21.7. The Morgan fingerprint density at radius 2 is 1.81 bits per heavy atom. The Balaban J connectivity index is 1.13. The van der Waals surface area contributed by atoms with Crippen molar-refractivity contribution < 1.29 is 28.6 Å². The Hall–Kier alpha value is -6.54. The second-order valence-electron chi connectivity index (χ2n) is 17.5. The molecule has 0 radical (unpaired) electrons. The lowest BCUT2D eigenvalue weighted by atomic mass is 9.99. The van der Waals surface area contributed by atoms with Crippen LogP contribution >= 0.6 is 0 Å². The number of halogens is 1. The number of allylic oxidation sites excluding steroid dienone is 2. The highest BCUT2D eigenvalue weighted by molar-refractivity contribution is 5.95. The Morgan fingerprint density at radius 3 is 2.54 bits per heavy atom. The average Bonchev–Trinajstić information content (AvgIpc) is 4.10. The molecule has 328 valence electrons. The molecule has 5 N–H and O–H groups in total. The molecule has 5 aromatic rings. The number of imidazole rings is 1. The number of phenolic OH excluding ortho intramolecular Hbond substituents is 1. The first-order chi connectivity index (χ1) is 30.3. The topological polar surface area (TPSA) is 171 Å². The maximum absolute atomic E-state index is 16.7. The molecular weight excluding hydrogens is 800 g/mol. The van der Waals surface area contributed by atoms with E-state index < -0.39 is 24.1 Å². The van der Waals surface area contributed by atoms with Gasteiger partial charge in [0.05, 0.1) is 46.8 Å². The minimum atomic E-state index is -0.759. The van der Waals surface area contributed by atoms with Crippen LogP contribution in [0.3, 0.4) is 0 Å². The normalized spacial score (nSPS) is 19.9. The number of aliphatic imine (C=N–C) groups is 1. The van der Waals surface area contributed by atoms with Crippen LogP contribution in [0.1, 0.15) is 89.5 Å². The predicted molar refractivity (Wildman–Crippen MR) is 242 cm³/mol. The van der Waals surface area contributed by atoms with Gasteiger partial charge in [0.15, 0.2) is 0 Å². The summed E-state index contributed by atoms with van der Waals surface area (Å²) in [5.41, 5.74) is 12.0. The Labute approximate surface area is 366 Å². The van der Waals surface area contributed by atoms with E-state index in [2.05, 4.69) is 16.9 Å². The third-order valence-electron chi connectivity index (χ3n) is 12.7. The Kier molecular flexibility index (Phi) is 12.1. The number of nitrogens with zero attached hydrogens (tertiary/aromatic N) is 5. The van der Waals surface area contributed by atoms with E-state index in [9.17, 15) is 19.5 Å². The average molecular weight is 855 g/mol. The molecule has 3 amide bonds. The van der Waals surface area contributed by atoms with E-state index in [4.69, 9.17) is 20.4 Å². The zero-order valence-corrected chi connectivity index (χ0v) is 36.3. The number of likely N-dealkylation sites (tertiary alicyclic amines) is 2. The lowest BCUT2D eigenvalue weighted by molar-refractivity contribution is -0.136. The standard InChI is InChI=1S/C49H55FN8O5/c1-7-30(24-52-29(6)38-13-9-17-56(38)48(62)45(28(4)5)54-26-59)33-21-36(50)43-41-22-34-19-31(37-25-53-46(55-37)40-14-10-18-57(40)47(61)44(51)27(2)3)15-16-39(34)58(41)49(63-42(43)23-33)32-11-8-12-35(60)20-32/h7-8,11-12,15-16,19-28,38,40,44-45,49,60H,1,9-10,13-14,17-18,51H2,2-6H3,(H,53,55)(H,54,59)/b30-24+,52-29?/t38-,40-,44-,45-,49?/m0/s1. The molecule has 3 aliphatic heterocycles. The number of ether oxygens (including phenoxy) is 1. The second-order valence-corrected chi connectivity index (χ2v) is 17.5. The smallest absolute Gasteiger partial charge is 0.245 e. The lowest BCUT2D eigenvalue weighted by Crippen LogP contribution is -2.51. The van der Waals surface area contributed by atoms with Crippen LogP contribution in [-0.4, -0.2) is 84.6 Å². The largest absolute Gasteiger partial charge is 0.508 e. The fourth-order valence-corrected chi connectivity index (χ4v) is 9.22. The van der Waals surface area contributed by atoms with Gasteiger partial charge in [-0.2, -0.15) is 0 Å². The van der Waals surface area contributed by atoms with Crippen LogP contribution in [-0.2, 0) is 14.4 Å². The van der Waals surface area contributed by atoms with Crippen molar-refractivity contribution in [1.82, 2.24) is 29.7 Å². The minimum Gasteiger partial charge on any atom is -0.508 e. The summed E-state index contributed by atoms with van der Waals surface area (Å²) in [6.07, 6.45) is 8.01. The number of benzene rings is 3. The van der Waals surface area contributed by atoms with E-state index in [1.807, 2.05) is 74.4 Å². The van der Waals surface area contributed by atoms with Gasteiger partial charge in [-0.15, -0.1) is 0 Å². The highest BCUT2D eigenvalue weighted by Crippen LogP contribution is 2.47. The van der Waals surface area contributed by atoms with Crippen LogP contribution in [0, 0.1) is 17.7 Å². The van der Waals surface area contributed by atoms with Gasteiger partial charge < -0.3 is 40.2 Å². The van der Waals surface area contributed by atoms with Crippen molar-refractivity contribution in [2.45, 2.75) is 90.7 Å². The minimum absolute atomic E-state index is 0.0216. The molecule has 14 heteroatoms. The van der Waals surface area contributed by atoms with Crippen LogP contribution in [0.4, 0.5) is 4.39 Å². The van der Waals surface area contributed by atoms with Crippen molar-refractivity contribution in [3.8, 4) is 34.0 Å². The number of hydrogen-bond acceptors (Lipinski definition) is 8. The Morgan fingerprint density at radius 1 is 1.03 bits per heavy atom. The molecule has 3 aliphatic rings. The first-order valence-electron chi connectivity index (χ1n) is 21.7. The SMILES string of the molecule is C=C/C(=C\N=C(C)[C@@H]1CCCN1C(=O)[C@@H](NC=O)C(C)C)c1cc(F)c2c(c1)OC(c1cccc(O)c1)n1c-2cc2cc(-c3cnc([C@@H]4CCCN4C(=O)[C@@H](N)C(C)C)[nH]3)ccc21. The number of amides is 3. The number of carbonyl (C=O) groups is 3. The molecule has 0 bridgehead atoms. The molecule has 2 saturated heterocycles. The number of H-pyrrole nitrogens is 1. The van der Waals surface area contributed by atoms with Crippen LogP contribution in [0.15, 0.2) is 90.7 Å². The van der Waals surface area contributed by atoms with Gasteiger partial charge in [0.2, 0.25) is 24.5 Å². The number of aromatic amines is 1. The first kappa shape index (κ1) is 43.1. The molecule has 0 aliphatic carbocycles. The molecule has 3 aromatic carbocycles. The summed E-state index contributed by atoms with van der Waals surface area (Å²) in [7, 11) is 0. The molecule has 8 rings (SSSR count). The third-order valence-corrected chi connectivity index (χ3v) is 12.7. The highest BCUT2D eigenvalue weighted by atomic mass is 19.1. The summed E-state index contributed by atoms with van der Waals surface area (Å²) in [4.78, 5) is 54.6. The molecular formula is C49H55FN8O5. The van der Waals surface area contributed by atoms with E-state index in [0.717, 1.165) is 47.8 Å². The van der Waals surface area contributed by atoms with Crippen molar-refractivity contribution in [2.24, 2.45) is 22.6 Å². The number of fused-ring (bicyclic) bond motifs is 5. The molecule has 2 fully saturated rings. The number of hydrogen-bond donors (Lipinski definition) is 4. The van der Waals surface area contributed by atoms with Gasteiger partial charge in [0, 0.05) is 41.5 Å². The summed E-state index contributed by atoms with van der Waals surface area (Å²) in [6.45, 7) is 14.8. The molecule has 5 atom stereocenters. The molecule has 2 aromatic heterocycles. The van der Waals surface area contributed by atoms with E-state index >= 15 is 4.39 Å². The van der Waals surface area contributed by atoms with Gasteiger partial charge in [0.25, 0.3) is 0 Å².